The smallest absolute Gasteiger partial charge is 0.320 e. The number of hydrogen-bond donors (Lipinski definition) is 2. The number of hydrogen-bond acceptors (Lipinski definition) is 3. The van der Waals surface area contributed by atoms with Crippen LogP contribution >= 0.6 is 11.8 Å². The summed E-state index contributed by atoms with van der Waals surface area (Å²) in [6.07, 6.45) is 4.50. The van der Waals surface area contributed by atoms with Gasteiger partial charge in [0.15, 0.2) is 0 Å². The van der Waals surface area contributed by atoms with Gasteiger partial charge in [-0.3, -0.25) is 4.79 Å². The molecule has 3 unspecified atom stereocenters. The molecule has 0 bridgehead atoms. The summed E-state index contributed by atoms with van der Waals surface area (Å²) in [5.41, 5.74) is 0. The van der Waals surface area contributed by atoms with Crippen LogP contribution in [-0.2, 0) is 4.79 Å². The third-order valence-corrected chi connectivity index (χ3v) is 4.74. The standard InChI is InChI=1S/C11H19NO2S/c1-7-9(3-2-6-15-7)12-10(11(13)14)8-4-5-8/h7-10,12H,2-6H2,1H3,(H,13,14). The highest BCUT2D eigenvalue weighted by molar-refractivity contribution is 7.99. The van der Waals surface area contributed by atoms with E-state index in [4.69, 9.17) is 5.11 Å². The number of carbonyl (C=O) groups is 1. The van der Waals surface area contributed by atoms with Crippen LogP contribution in [0.2, 0.25) is 0 Å². The Balaban J connectivity index is 1.89. The molecule has 2 N–H and O–H groups in total. The molecule has 86 valence electrons. The first-order valence-electron chi connectivity index (χ1n) is 5.79. The van der Waals surface area contributed by atoms with Gasteiger partial charge in [0.1, 0.15) is 6.04 Å². The molecule has 4 heteroatoms. The van der Waals surface area contributed by atoms with E-state index in [9.17, 15) is 4.79 Å². The zero-order valence-corrected chi connectivity index (χ0v) is 9.93. The van der Waals surface area contributed by atoms with Crippen molar-refractivity contribution in [2.24, 2.45) is 5.92 Å². The molecule has 1 aliphatic carbocycles. The molecular weight excluding hydrogens is 210 g/mol. The van der Waals surface area contributed by atoms with Crippen molar-refractivity contribution in [1.29, 1.82) is 0 Å². The predicted molar refractivity (Wildman–Crippen MR) is 62.2 cm³/mol. The molecule has 3 nitrogen and oxygen atoms in total. The minimum atomic E-state index is -0.666. The number of thioether (sulfide) groups is 1. The minimum Gasteiger partial charge on any atom is -0.480 e. The molecule has 1 heterocycles. The van der Waals surface area contributed by atoms with E-state index in [1.165, 1.54) is 12.2 Å². The second-order valence-corrected chi connectivity index (χ2v) is 6.13. The van der Waals surface area contributed by atoms with E-state index in [1.54, 1.807) is 0 Å². The van der Waals surface area contributed by atoms with Gasteiger partial charge in [0, 0.05) is 11.3 Å². The largest absolute Gasteiger partial charge is 0.480 e. The van der Waals surface area contributed by atoms with E-state index in [2.05, 4.69) is 12.2 Å². The molecule has 0 amide bonds. The summed E-state index contributed by atoms with van der Waals surface area (Å²) in [4.78, 5) is 11.1. The molecule has 1 saturated carbocycles. The Morgan fingerprint density at radius 3 is 2.73 bits per heavy atom. The van der Waals surface area contributed by atoms with Crippen LogP contribution in [0, 0.1) is 5.92 Å². The van der Waals surface area contributed by atoms with E-state index < -0.39 is 5.97 Å². The third-order valence-electron chi connectivity index (χ3n) is 3.36. The summed E-state index contributed by atoms with van der Waals surface area (Å²) >= 11 is 1.96. The summed E-state index contributed by atoms with van der Waals surface area (Å²) in [7, 11) is 0. The summed E-state index contributed by atoms with van der Waals surface area (Å²) in [5.74, 6) is 0.947. The van der Waals surface area contributed by atoms with Crippen LogP contribution in [0.5, 0.6) is 0 Å². The van der Waals surface area contributed by atoms with Crippen molar-refractivity contribution in [3.05, 3.63) is 0 Å². The van der Waals surface area contributed by atoms with Crippen molar-refractivity contribution in [2.45, 2.75) is 49.9 Å². The Morgan fingerprint density at radius 1 is 1.47 bits per heavy atom. The van der Waals surface area contributed by atoms with Gasteiger partial charge in [0.2, 0.25) is 0 Å². The lowest BCUT2D eigenvalue weighted by molar-refractivity contribution is -0.140. The number of nitrogens with one attached hydrogen (secondary N) is 1. The van der Waals surface area contributed by atoms with Crippen LogP contribution < -0.4 is 5.32 Å². The first-order valence-corrected chi connectivity index (χ1v) is 6.84. The molecule has 0 spiro atoms. The molecule has 0 aromatic heterocycles. The number of rotatable bonds is 4. The Labute approximate surface area is 95.0 Å². The fourth-order valence-electron chi connectivity index (χ4n) is 2.21. The molecule has 1 saturated heterocycles. The van der Waals surface area contributed by atoms with Gasteiger partial charge in [-0.05, 0) is 37.4 Å². The molecule has 3 atom stereocenters. The van der Waals surface area contributed by atoms with Gasteiger partial charge < -0.3 is 10.4 Å². The molecule has 0 aromatic carbocycles. The topological polar surface area (TPSA) is 49.3 Å². The zero-order valence-electron chi connectivity index (χ0n) is 9.11. The molecule has 2 fully saturated rings. The molecule has 0 radical (unpaired) electrons. The van der Waals surface area contributed by atoms with Crippen LogP contribution in [0.1, 0.15) is 32.6 Å². The highest BCUT2D eigenvalue weighted by Crippen LogP contribution is 2.34. The Bertz CT molecular complexity index is 243. The third kappa shape index (κ3) is 2.88. The lowest BCUT2D eigenvalue weighted by Gasteiger charge is -2.31. The molecule has 2 aliphatic rings. The first kappa shape index (κ1) is 11.3. The Kier molecular flexibility index (Phi) is 3.57. The Morgan fingerprint density at radius 2 is 2.20 bits per heavy atom. The van der Waals surface area contributed by atoms with Crippen molar-refractivity contribution >= 4 is 17.7 Å². The predicted octanol–water partition coefficient (Wildman–Crippen LogP) is 1.72. The Hall–Kier alpha value is -0.220. The maximum absolute atomic E-state index is 11.1. The van der Waals surface area contributed by atoms with E-state index in [0.717, 1.165) is 19.3 Å². The minimum absolute atomic E-state index is 0.295. The second kappa shape index (κ2) is 4.74. The fourth-order valence-corrected chi connectivity index (χ4v) is 3.36. The summed E-state index contributed by atoms with van der Waals surface area (Å²) in [5, 5.41) is 13.0. The summed E-state index contributed by atoms with van der Waals surface area (Å²) in [6.45, 7) is 2.20. The van der Waals surface area contributed by atoms with Gasteiger partial charge in [-0.15, -0.1) is 0 Å². The van der Waals surface area contributed by atoms with Crippen LogP contribution in [0.25, 0.3) is 0 Å². The van der Waals surface area contributed by atoms with E-state index in [1.807, 2.05) is 11.8 Å². The average Bonchev–Trinajstić information content (AvgIpc) is 2.99. The van der Waals surface area contributed by atoms with E-state index in [-0.39, 0.29) is 6.04 Å². The summed E-state index contributed by atoms with van der Waals surface area (Å²) < 4.78 is 0. The second-order valence-electron chi connectivity index (χ2n) is 4.64. The van der Waals surface area contributed by atoms with E-state index in [0.29, 0.717) is 17.2 Å². The van der Waals surface area contributed by atoms with Gasteiger partial charge >= 0.3 is 5.97 Å². The quantitative estimate of drug-likeness (QED) is 0.770. The summed E-state index contributed by atoms with van der Waals surface area (Å²) in [6, 6.07) is 0.0987. The highest BCUT2D eigenvalue weighted by Gasteiger charge is 2.38. The van der Waals surface area contributed by atoms with Gasteiger partial charge in [-0.2, -0.15) is 11.8 Å². The maximum Gasteiger partial charge on any atom is 0.320 e. The van der Waals surface area contributed by atoms with Crippen LogP contribution in [0.15, 0.2) is 0 Å². The van der Waals surface area contributed by atoms with Gasteiger partial charge in [-0.1, -0.05) is 6.92 Å². The highest BCUT2D eigenvalue weighted by atomic mass is 32.2. The molecule has 1 aliphatic heterocycles. The van der Waals surface area contributed by atoms with Gasteiger partial charge in [0.05, 0.1) is 0 Å². The van der Waals surface area contributed by atoms with Crippen LogP contribution in [0.4, 0.5) is 0 Å². The van der Waals surface area contributed by atoms with Gasteiger partial charge in [-0.25, -0.2) is 0 Å². The van der Waals surface area contributed by atoms with Crippen molar-refractivity contribution in [3.8, 4) is 0 Å². The van der Waals surface area contributed by atoms with Crippen LogP contribution in [-0.4, -0.2) is 34.2 Å². The van der Waals surface area contributed by atoms with Crippen LogP contribution in [0.3, 0.4) is 0 Å². The normalized spacial score (nSPS) is 33.7. The molecular formula is C11H19NO2S. The lowest BCUT2D eigenvalue weighted by atomic mass is 10.1. The number of carboxylic acids is 1. The van der Waals surface area contributed by atoms with Gasteiger partial charge in [0.25, 0.3) is 0 Å². The fraction of sp³-hybridized carbons (Fsp3) is 0.909. The first-order chi connectivity index (χ1) is 7.18. The molecule has 0 aromatic rings. The average molecular weight is 229 g/mol. The van der Waals surface area contributed by atoms with Crippen molar-refractivity contribution in [3.63, 3.8) is 0 Å². The zero-order chi connectivity index (χ0) is 10.8. The number of carboxylic acid groups (broad SMARTS) is 1. The monoisotopic (exact) mass is 229 g/mol. The van der Waals surface area contributed by atoms with Crippen molar-refractivity contribution in [1.82, 2.24) is 5.32 Å². The number of aliphatic carboxylic acids is 1. The molecule has 2 rings (SSSR count). The maximum atomic E-state index is 11.1. The molecule has 15 heavy (non-hydrogen) atoms. The van der Waals surface area contributed by atoms with Crippen molar-refractivity contribution in [2.75, 3.05) is 5.75 Å². The van der Waals surface area contributed by atoms with E-state index >= 15 is 0 Å². The lowest BCUT2D eigenvalue weighted by Crippen LogP contribution is -2.49. The SMILES string of the molecule is CC1SCCCC1NC(C(=O)O)C1CC1. The van der Waals surface area contributed by atoms with Crippen molar-refractivity contribution < 1.29 is 9.90 Å².